The Balaban J connectivity index is 1.72. The van der Waals surface area contributed by atoms with Crippen molar-refractivity contribution in [1.82, 2.24) is 0 Å². The van der Waals surface area contributed by atoms with Gasteiger partial charge in [-0.3, -0.25) is 4.57 Å². The fourth-order valence-corrected chi connectivity index (χ4v) is 8.42. The molecule has 1 aliphatic rings. The average Bonchev–Trinajstić information content (AvgIpc) is 3.24. The van der Waals surface area contributed by atoms with E-state index in [0.29, 0.717) is 42.2 Å². The number of aryl methyl sites for hydroxylation is 2. The molecule has 0 aliphatic carbocycles. The summed E-state index contributed by atoms with van der Waals surface area (Å²) in [5.41, 5.74) is -0.109. The van der Waals surface area contributed by atoms with Gasteiger partial charge in [-0.2, -0.15) is 13.2 Å². The molecule has 0 fully saturated rings. The van der Waals surface area contributed by atoms with Gasteiger partial charge in [0.15, 0.2) is 5.90 Å². The first-order valence-corrected chi connectivity index (χ1v) is 15.9. The number of ether oxygens (including phenoxy) is 2. The molecule has 0 spiro atoms. The fraction of sp³-hybridized carbons (Fsp3) is 0.581. The van der Waals surface area contributed by atoms with Crippen LogP contribution in [0.1, 0.15) is 78.0 Å². The average molecular weight is 616 g/mol. The predicted octanol–water partition coefficient (Wildman–Crippen LogP) is 9.38. The molecule has 3 rings (SSSR count). The molecule has 0 saturated carbocycles. The van der Waals surface area contributed by atoms with Crippen molar-refractivity contribution in [3.05, 3.63) is 64.2 Å². The number of hydrogen-bond donors (Lipinski definition) is 0. The Morgan fingerprint density at radius 1 is 0.976 bits per heavy atom. The van der Waals surface area contributed by atoms with Gasteiger partial charge in [0.25, 0.3) is 0 Å². The molecule has 0 saturated heterocycles. The maximum atomic E-state index is 14.0. The van der Waals surface area contributed by atoms with Crippen LogP contribution in [0.15, 0.2) is 47.5 Å². The highest BCUT2D eigenvalue weighted by molar-refractivity contribution is 7.62. The molecular weight excluding hydrogens is 574 g/mol. The molecule has 0 aromatic heterocycles. The van der Waals surface area contributed by atoms with Gasteiger partial charge >= 0.3 is 6.18 Å². The van der Waals surface area contributed by atoms with Crippen LogP contribution in [0, 0.1) is 0 Å². The van der Waals surface area contributed by atoms with Gasteiger partial charge in [-0.15, -0.1) is 0 Å². The third-order valence-corrected chi connectivity index (χ3v) is 11.5. The number of nitrogens with zero attached hydrogens (tertiary/aromatic N) is 1. The summed E-state index contributed by atoms with van der Waals surface area (Å²) in [6, 6.07) is 11.5. The SMILES string of the molecule is CC1=NC(CCc2ccc(OCCCc3ccc(Cl)cc3)c(C(F)(F)F)c2)(COP(=O)(C(C)(C)C)C(C)(C)C)CO1. The lowest BCUT2D eigenvalue weighted by atomic mass is 9.93. The highest BCUT2D eigenvalue weighted by Gasteiger charge is 2.50. The molecule has 2 aromatic carbocycles. The number of alkyl halides is 3. The maximum Gasteiger partial charge on any atom is 0.419 e. The lowest BCUT2D eigenvalue weighted by Gasteiger charge is -2.41. The third kappa shape index (κ3) is 8.52. The minimum absolute atomic E-state index is 0.0527. The van der Waals surface area contributed by atoms with Crippen molar-refractivity contribution in [2.45, 2.75) is 96.2 Å². The van der Waals surface area contributed by atoms with Gasteiger partial charge in [0.05, 0.1) is 18.8 Å². The Morgan fingerprint density at radius 3 is 2.12 bits per heavy atom. The highest BCUT2D eigenvalue weighted by Crippen LogP contribution is 2.67. The summed E-state index contributed by atoms with van der Waals surface area (Å²) in [5.74, 6) is 0.290. The van der Waals surface area contributed by atoms with E-state index in [1.807, 2.05) is 53.7 Å². The molecule has 2 aromatic rings. The number of aliphatic imine (C=N–C) groups is 1. The largest absolute Gasteiger partial charge is 0.493 e. The monoisotopic (exact) mass is 615 g/mol. The molecule has 10 heteroatoms. The number of rotatable bonds is 11. The normalized spacial score (nSPS) is 18.3. The summed E-state index contributed by atoms with van der Waals surface area (Å²) in [7, 11) is -3.17. The van der Waals surface area contributed by atoms with Gasteiger partial charge in [0.1, 0.15) is 17.9 Å². The van der Waals surface area contributed by atoms with Crippen LogP contribution in [-0.4, -0.2) is 41.6 Å². The molecule has 0 N–H and O–H groups in total. The van der Waals surface area contributed by atoms with E-state index in [0.717, 1.165) is 11.6 Å². The standard InChI is InChI=1S/C31H42ClF3NO4P/c1-22-36-30(20-39-22,21-40-41(37,28(2,3)4)29(5,6)7)17-16-24-12-15-27(26(19-24)31(33,34)35)38-18-8-9-23-10-13-25(32)14-11-23/h10-15,19H,8-9,16-18,20-21H2,1-7H3. The van der Waals surface area contributed by atoms with E-state index in [1.54, 1.807) is 25.1 Å². The van der Waals surface area contributed by atoms with E-state index in [1.165, 1.54) is 6.07 Å². The summed E-state index contributed by atoms with van der Waals surface area (Å²) >= 11 is 5.90. The second-order valence-corrected chi connectivity index (χ2v) is 17.2. The molecular formula is C31H42ClF3NO4P. The molecule has 1 unspecified atom stereocenters. The van der Waals surface area contributed by atoms with Gasteiger partial charge in [-0.05, 0) is 61.1 Å². The van der Waals surface area contributed by atoms with Crippen LogP contribution < -0.4 is 4.74 Å². The van der Waals surface area contributed by atoms with Crippen LogP contribution >= 0.6 is 19.0 Å². The number of hydrogen-bond acceptors (Lipinski definition) is 5. The van der Waals surface area contributed by atoms with Gasteiger partial charge in [-0.1, -0.05) is 71.3 Å². The van der Waals surface area contributed by atoms with Crippen molar-refractivity contribution in [2.24, 2.45) is 4.99 Å². The van der Waals surface area contributed by atoms with Crippen LogP contribution in [0.3, 0.4) is 0 Å². The lowest BCUT2D eigenvalue weighted by molar-refractivity contribution is -0.139. The summed E-state index contributed by atoms with van der Waals surface area (Å²) in [6.07, 6.45) is -2.66. The zero-order valence-corrected chi connectivity index (χ0v) is 26.7. The van der Waals surface area contributed by atoms with Crippen LogP contribution in [-0.2, 0) is 32.8 Å². The Hall–Kier alpha value is -2.02. The van der Waals surface area contributed by atoms with Crippen molar-refractivity contribution in [2.75, 3.05) is 19.8 Å². The first kappa shape index (κ1) is 33.5. The predicted molar refractivity (Wildman–Crippen MR) is 160 cm³/mol. The van der Waals surface area contributed by atoms with E-state index in [2.05, 4.69) is 4.99 Å². The molecule has 1 heterocycles. The zero-order chi connectivity index (χ0) is 30.7. The minimum atomic E-state index is -4.57. The molecule has 228 valence electrons. The molecule has 41 heavy (non-hydrogen) atoms. The summed E-state index contributed by atoms with van der Waals surface area (Å²) in [6.45, 7) is 13.5. The second-order valence-electron chi connectivity index (χ2n) is 12.7. The topological polar surface area (TPSA) is 57.1 Å². The molecule has 0 amide bonds. The van der Waals surface area contributed by atoms with Crippen molar-refractivity contribution < 1.29 is 31.7 Å². The van der Waals surface area contributed by atoms with E-state index in [9.17, 15) is 17.7 Å². The number of benzene rings is 2. The van der Waals surface area contributed by atoms with E-state index >= 15 is 0 Å². The zero-order valence-electron chi connectivity index (χ0n) is 25.0. The van der Waals surface area contributed by atoms with Crippen LogP contribution in [0.25, 0.3) is 0 Å². The first-order valence-electron chi connectivity index (χ1n) is 13.9. The fourth-order valence-electron chi connectivity index (χ4n) is 5.08. The molecule has 0 bridgehead atoms. The summed E-state index contributed by atoms with van der Waals surface area (Å²) < 4.78 is 73.5. The number of halogens is 4. The Labute approximate surface area is 247 Å². The van der Waals surface area contributed by atoms with Crippen LogP contribution in [0.4, 0.5) is 13.2 Å². The molecule has 1 atom stereocenters. The molecule has 5 nitrogen and oxygen atoms in total. The quantitative estimate of drug-likeness (QED) is 0.187. The van der Waals surface area contributed by atoms with Crippen molar-refractivity contribution in [1.29, 1.82) is 0 Å². The van der Waals surface area contributed by atoms with Gasteiger partial charge < -0.3 is 14.0 Å². The Kier molecular flexibility index (Phi) is 10.4. The van der Waals surface area contributed by atoms with Gasteiger partial charge in [0, 0.05) is 22.3 Å². The molecule has 1 aliphatic heterocycles. The van der Waals surface area contributed by atoms with Gasteiger partial charge in [0.2, 0.25) is 7.37 Å². The first-order chi connectivity index (χ1) is 18.9. The minimum Gasteiger partial charge on any atom is -0.493 e. The second kappa shape index (κ2) is 12.7. The Morgan fingerprint density at radius 2 is 1.59 bits per heavy atom. The Bertz CT molecular complexity index is 1250. The summed E-state index contributed by atoms with van der Waals surface area (Å²) in [4.78, 5) is 4.66. The third-order valence-electron chi connectivity index (χ3n) is 7.23. The van der Waals surface area contributed by atoms with Crippen molar-refractivity contribution in [3.8, 4) is 5.75 Å². The highest BCUT2D eigenvalue weighted by atomic mass is 35.5. The van der Waals surface area contributed by atoms with E-state index < -0.39 is 35.0 Å². The van der Waals surface area contributed by atoms with E-state index in [4.69, 9.17) is 25.6 Å². The van der Waals surface area contributed by atoms with Crippen molar-refractivity contribution >= 4 is 24.9 Å². The lowest BCUT2D eigenvalue weighted by Crippen LogP contribution is -2.38. The molecule has 0 radical (unpaired) electrons. The van der Waals surface area contributed by atoms with Crippen LogP contribution in [0.5, 0.6) is 5.75 Å². The summed E-state index contributed by atoms with van der Waals surface area (Å²) in [5, 5.41) is -0.566. The van der Waals surface area contributed by atoms with Gasteiger partial charge in [-0.25, -0.2) is 4.99 Å². The van der Waals surface area contributed by atoms with Crippen molar-refractivity contribution in [3.63, 3.8) is 0 Å². The van der Waals surface area contributed by atoms with E-state index in [-0.39, 0.29) is 25.6 Å². The smallest absolute Gasteiger partial charge is 0.419 e. The maximum absolute atomic E-state index is 14.0. The van der Waals surface area contributed by atoms with Crippen LogP contribution in [0.2, 0.25) is 5.02 Å².